The van der Waals surface area contributed by atoms with E-state index in [2.05, 4.69) is 5.32 Å². The van der Waals surface area contributed by atoms with Gasteiger partial charge in [-0.15, -0.1) is 0 Å². The lowest BCUT2D eigenvalue weighted by Gasteiger charge is -2.25. The zero-order valence-corrected chi connectivity index (χ0v) is 13.3. The zero-order valence-electron chi connectivity index (χ0n) is 13.3. The van der Waals surface area contributed by atoms with Crippen LogP contribution in [0.3, 0.4) is 0 Å². The van der Waals surface area contributed by atoms with Gasteiger partial charge in [-0.3, -0.25) is 4.79 Å². The van der Waals surface area contributed by atoms with Crippen LogP contribution in [0, 0.1) is 0 Å². The number of rotatable bonds is 2. The first-order chi connectivity index (χ1) is 10.2. The van der Waals surface area contributed by atoms with Gasteiger partial charge in [-0.2, -0.15) is 0 Å². The van der Waals surface area contributed by atoms with Crippen LogP contribution in [-0.2, 0) is 15.1 Å². The Morgan fingerprint density at radius 1 is 1.23 bits per heavy atom. The minimum Gasteiger partial charge on any atom is -0.456 e. The largest absolute Gasteiger partial charge is 0.456 e. The first-order valence-electron chi connectivity index (χ1n) is 7.57. The van der Waals surface area contributed by atoms with Crippen molar-refractivity contribution in [2.75, 3.05) is 6.54 Å². The first-order valence-corrected chi connectivity index (χ1v) is 7.57. The van der Waals surface area contributed by atoms with Gasteiger partial charge in [0.2, 0.25) is 0 Å². The van der Waals surface area contributed by atoms with E-state index in [0.717, 1.165) is 12.8 Å². The number of ether oxygens (including phenoxy) is 1. The molecule has 22 heavy (non-hydrogen) atoms. The normalized spacial score (nSPS) is 22.6. The minimum atomic E-state index is -1.52. The van der Waals surface area contributed by atoms with Crippen LogP contribution in [0.2, 0.25) is 0 Å². The molecule has 1 aliphatic heterocycles. The molecule has 0 saturated carbocycles. The van der Waals surface area contributed by atoms with Crippen LogP contribution in [0.5, 0.6) is 0 Å². The van der Waals surface area contributed by atoms with E-state index in [4.69, 9.17) is 4.74 Å². The fourth-order valence-electron chi connectivity index (χ4n) is 2.46. The molecule has 1 aromatic rings. The van der Waals surface area contributed by atoms with E-state index in [1.165, 1.54) is 0 Å². The quantitative estimate of drug-likeness (QED) is 0.821. The second-order valence-corrected chi connectivity index (χ2v) is 6.65. The third kappa shape index (κ3) is 3.65. The van der Waals surface area contributed by atoms with Gasteiger partial charge in [0.25, 0.3) is 5.91 Å². The summed E-state index contributed by atoms with van der Waals surface area (Å²) in [4.78, 5) is 24.1. The highest BCUT2D eigenvalue weighted by Crippen LogP contribution is 2.29. The van der Waals surface area contributed by atoms with Crippen molar-refractivity contribution in [3.8, 4) is 0 Å². The zero-order chi connectivity index (χ0) is 16.4. The van der Waals surface area contributed by atoms with Crippen molar-refractivity contribution in [1.82, 2.24) is 5.32 Å². The number of amides is 1. The highest BCUT2D eigenvalue weighted by Gasteiger charge is 2.38. The summed E-state index contributed by atoms with van der Waals surface area (Å²) in [5, 5.41) is 13.4. The topological polar surface area (TPSA) is 75.6 Å². The van der Waals surface area contributed by atoms with Gasteiger partial charge in [-0.05, 0) is 57.7 Å². The van der Waals surface area contributed by atoms with Crippen molar-refractivity contribution < 1.29 is 19.4 Å². The number of carbonyl (C=O) groups excluding carboxylic acids is 2. The van der Waals surface area contributed by atoms with Crippen LogP contribution in [0.4, 0.5) is 0 Å². The molecule has 0 spiro atoms. The van der Waals surface area contributed by atoms with E-state index in [0.29, 0.717) is 24.1 Å². The molecule has 120 valence electrons. The van der Waals surface area contributed by atoms with Gasteiger partial charge in [0, 0.05) is 6.54 Å². The summed E-state index contributed by atoms with van der Waals surface area (Å²) in [6.45, 7) is 5.99. The summed E-state index contributed by atoms with van der Waals surface area (Å²) in [6.07, 6.45) is 2.00. The number of carbonyl (C=O) groups is 2. The van der Waals surface area contributed by atoms with Crippen LogP contribution >= 0.6 is 0 Å². The number of aliphatic hydroxyl groups is 1. The molecule has 0 aliphatic carbocycles. The Bertz CT molecular complexity index is 559. The lowest BCUT2D eigenvalue weighted by Crippen LogP contribution is -2.42. The molecule has 0 radical (unpaired) electrons. The number of benzene rings is 1. The molecule has 2 N–H and O–H groups in total. The van der Waals surface area contributed by atoms with E-state index in [9.17, 15) is 14.7 Å². The Hall–Kier alpha value is -1.88. The number of hydrogen-bond acceptors (Lipinski definition) is 4. The first kappa shape index (κ1) is 16.5. The van der Waals surface area contributed by atoms with Gasteiger partial charge in [0.15, 0.2) is 5.60 Å². The van der Waals surface area contributed by atoms with E-state index in [1.807, 2.05) is 0 Å². The van der Waals surface area contributed by atoms with Crippen molar-refractivity contribution in [3.05, 3.63) is 35.4 Å². The molecule has 1 aromatic carbocycles. The number of esters is 1. The highest BCUT2D eigenvalue weighted by molar-refractivity contribution is 5.90. The molecule has 1 atom stereocenters. The van der Waals surface area contributed by atoms with Crippen molar-refractivity contribution in [2.45, 2.75) is 51.2 Å². The van der Waals surface area contributed by atoms with Gasteiger partial charge in [0.1, 0.15) is 5.60 Å². The molecule has 0 bridgehead atoms. The van der Waals surface area contributed by atoms with Crippen LogP contribution in [0.15, 0.2) is 24.3 Å². The lowest BCUT2D eigenvalue weighted by molar-refractivity contribution is -0.140. The molecule has 5 nitrogen and oxygen atoms in total. The fraction of sp³-hybridized carbons (Fsp3) is 0.529. The second-order valence-electron chi connectivity index (χ2n) is 6.65. The van der Waals surface area contributed by atoms with E-state index in [1.54, 1.807) is 45.0 Å². The van der Waals surface area contributed by atoms with Crippen LogP contribution in [-0.4, -0.2) is 29.1 Å². The Labute approximate surface area is 130 Å². The molecule has 5 heteroatoms. The Morgan fingerprint density at radius 2 is 1.86 bits per heavy atom. The average molecular weight is 305 g/mol. The number of hydrogen-bond donors (Lipinski definition) is 2. The Balaban J connectivity index is 2.21. The molecule has 2 rings (SSSR count). The average Bonchev–Trinajstić information content (AvgIpc) is 2.60. The summed E-state index contributed by atoms with van der Waals surface area (Å²) >= 11 is 0. The monoisotopic (exact) mass is 305 g/mol. The molecule has 1 amide bonds. The van der Waals surface area contributed by atoms with Crippen molar-refractivity contribution in [2.24, 2.45) is 0 Å². The summed E-state index contributed by atoms with van der Waals surface area (Å²) < 4.78 is 5.29. The maximum absolute atomic E-state index is 12.1. The minimum absolute atomic E-state index is 0.380. The van der Waals surface area contributed by atoms with Gasteiger partial charge >= 0.3 is 5.97 Å². The standard InChI is InChI=1S/C17H23NO4/c1-16(2,3)22-14(19)12-6-8-13(9-7-12)17(21)10-4-5-11-18-15(17)20/h6-9,21H,4-5,10-11H2,1-3H3,(H,18,20). The third-order valence-corrected chi connectivity index (χ3v) is 3.62. The molecule has 1 unspecified atom stereocenters. The Morgan fingerprint density at radius 3 is 2.45 bits per heavy atom. The Kier molecular flexibility index (Phi) is 4.56. The van der Waals surface area contributed by atoms with Crippen LogP contribution < -0.4 is 5.32 Å². The van der Waals surface area contributed by atoms with Gasteiger partial charge < -0.3 is 15.2 Å². The van der Waals surface area contributed by atoms with E-state index >= 15 is 0 Å². The smallest absolute Gasteiger partial charge is 0.338 e. The van der Waals surface area contributed by atoms with Crippen molar-refractivity contribution >= 4 is 11.9 Å². The molecular weight excluding hydrogens is 282 g/mol. The predicted molar refractivity (Wildman–Crippen MR) is 82.4 cm³/mol. The summed E-state index contributed by atoms with van der Waals surface area (Å²) in [7, 11) is 0. The lowest BCUT2D eigenvalue weighted by atomic mass is 9.88. The highest BCUT2D eigenvalue weighted by atomic mass is 16.6. The molecule has 1 saturated heterocycles. The van der Waals surface area contributed by atoms with Crippen molar-refractivity contribution in [1.29, 1.82) is 0 Å². The van der Waals surface area contributed by atoms with Gasteiger partial charge in [0.05, 0.1) is 5.56 Å². The number of nitrogens with one attached hydrogen (secondary N) is 1. The van der Waals surface area contributed by atoms with Crippen LogP contribution in [0.25, 0.3) is 0 Å². The summed E-state index contributed by atoms with van der Waals surface area (Å²) in [5.74, 6) is -0.800. The SMILES string of the molecule is CC(C)(C)OC(=O)c1ccc(C2(O)CCCCNC2=O)cc1. The van der Waals surface area contributed by atoms with Gasteiger partial charge in [-0.25, -0.2) is 4.79 Å². The summed E-state index contributed by atoms with van der Waals surface area (Å²) in [5.41, 5.74) is -1.19. The maximum atomic E-state index is 12.1. The molecule has 1 heterocycles. The maximum Gasteiger partial charge on any atom is 0.338 e. The molecule has 1 aliphatic rings. The van der Waals surface area contributed by atoms with Crippen LogP contribution in [0.1, 0.15) is 56.0 Å². The van der Waals surface area contributed by atoms with Gasteiger partial charge in [-0.1, -0.05) is 12.1 Å². The van der Waals surface area contributed by atoms with E-state index in [-0.39, 0.29) is 5.91 Å². The third-order valence-electron chi connectivity index (χ3n) is 3.62. The molecular formula is C17H23NO4. The second kappa shape index (κ2) is 6.08. The predicted octanol–water partition coefficient (Wildman–Crippen LogP) is 2.13. The summed E-state index contributed by atoms with van der Waals surface area (Å²) in [6, 6.07) is 6.40. The molecule has 1 fully saturated rings. The van der Waals surface area contributed by atoms with Crippen molar-refractivity contribution in [3.63, 3.8) is 0 Å². The van der Waals surface area contributed by atoms with E-state index < -0.39 is 17.2 Å². The fourth-order valence-corrected chi connectivity index (χ4v) is 2.46. The molecule has 0 aromatic heterocycles.